The smallest absolute Gasteiger partial charge is 0.255 e. The van der Waals surface area contributed by atoms with Gasteiger partial charge in [0.2, 0.25) is 5.91 Å². The zero-order valence-corrected chi connectivity index (χ0v) is 15.3. The third kappa shape index (κ3) is 4.00. The first-order valence-corrected chi connectivity index (χ1v) is 9.31. The van der Waals surface area contributed by atoms with Crippen molar-refractivity contribution in [3.05, 3.63) is 29.6 Å². The van der Waals surface area contributed by atoms with E-state index in [4.69, 9.17) is 0 Å². The van der Waals surface area contributed by atoms with E-state index in [-0.39, 0.29) is 17.9 Å². The molecule has 0 N–H and O–H groups in total. The number of carbonyl (C=O) groups is 2. The van der Waals surface area contributed by atoms with E-state index >= 15 is 0 Å². The van der Waals surface area contributed by atoms with Gasteiger partial charge in [-0.05, 0) is 45.2 Å². The van der Waals surface area contributed by atoms with Gasteiger partial charge in [-0.25, -0.2) is 0 Å². The van der Waals surface area contributed by atoms with Crippen LogP contribution in [0.5, 0.6) is 0 Å². The molecule has 3 heterocycles. The number of piperazine rings is 1. The lowest BCUT2D eigenvalue weighted by molar-refractivity contribution is -0.137. The fraction of sp³-hybridized carbons (Fsp3) is 0.632. The topological polar surface area (TPSA) is 56.8 Å². The Kier molecular flexibility index (Phi) is 5.68. The molecule has 0 aliphatic carbocycles. The van der Waals surface area contributed by atoms with Gasteiger partial charge in [0.05, 0.1) is 11.6 Å². The average Bonchev–Trinajstić information content (AvgIpc) is 2.67. The number of hydrogen-bond acceptors (Lipinski definition) is 4. The lowest BCUT2D eigenvalue weighted by Crippen LogP contribution is -2.56. The first kappa shape index (κ1) is 17.9. The van der Waals surface area contributed by atoms with Crippen LogP contribution in [0.3, 0.4) is 0 Å². The van der Waals surface area contributed by atoms with Crippen molar-refractivity contribution < 1.29 is 9.59 Å². The maximum Gasteiger partial charge on any atom is 0.255 e. The summed E-state index contributed by atoms with van der Waals surface area (Å²) in [4.78, 5) is 35.6. The van der Waals surface area contributed by atoms with Gasteiger partial charge in [-0.1, -0.05) is 0 Å². The van der Waals surface area contributed by atoms with Gasteiger partial charge in [-0.15, -0.1) is 0 Å². The normalized spacial score (nSPS) is 20.4. The number of amides is 2. The van der Waals surface area contributed by atoms with Gasteiger partial charge in [0.15, 0.2) is 0 Å². The SMILES string of the molecule is Cc1ncccc1C(=O)N1CCN([C@@H](C)C(=O)N2CCCCC2)CC1. The molecule has 2 amide bonds. The zero-order valence-electron chi connectivity index (χ0n) is 15.3. The van der Waals surface area contributed by atoms with Crippen LogP contribution in [-0.4, -0.2) is 76.8 Å². The lowest BCUT2D eigenvalue weighted by atomic mass is 10.1. The van der Waals surface area contributed by atoms with Crippen molar-refractivity contribution in [3.8, 4) is 0 Å². The maximum atomic E-state index is 12.7. The zero-order chi connectivity index (χ0) is 17.8. The van der Waals surface area contributed by atoms with Crippen LogP contribution in [0.15, 0.2) is 18.3 Å². The van der Waals surface area contributed by atoms with E-state index in [1.54, 1.807) is 12.3 Å². The average molecular weight is 344 g/mol. The number of pyridine rings is 1. The fourth-order valence-corrected chi connectivity index (χ4v) is 3.73. The minimum absolute atomic E-state index is 0.0419. The van der Waals surface area contributed by atoms with Gasteiger partial charge >= 0.3 is 0 Å². The predicted octanol–water partition coefficient (Wildman–Crippen LogP) is 1.55. The molecule has 1 aromatic heterocycles. The van der Waals surface area contributed by atoms with Crippen LogP contribution in [0.2, 0.25) is 0 Å². The largest absolute Gasteiger partial charge is 0.341 e. The fourth-order valence-electron chi connectivity index (χ4n) is 3.73. The molecule has 0 radical (unpaired) electrons. The number of piperidine rings is 1. The van der Waals surface area contributed by atoms with E-state index in [2.05, 4.69) is 9.88 Å². The Bertz CT molecular complexity index is 620. The minimum atomic E-state index is -0.101. The first-order valence-electron chi connectivity index (χ1n) is 9.31. The summed E-state index contributed by atoms with van der Waals surface area (Å²) in [5, 5.41) is 0. The lowest BCUT2D eigenvalue weighted by Gasteiger charge is -2.39. The number of nitrogens with zero attached hydrogens (tertiary/aromatic N) is 4. The molecule has 1 aromatic rings. The number of likely N-dealkylation sites (tertiary alicyclic amines) is 1. The Labute approximate surface area is 149 Å². The van der Waals surface area contributed by atoms with Gasteiger partial charge in [0.1, 0.15) is 0 Å². The molecule has 1 atom stereocenters. The number of aryl methyl sites for hydroxylation is 1. The number of carbonyl (C=O) groups excluding carboxylic acids is 2. The molecule has 3 rings (SSSR count). The maximum absolute atomic E-state index is 12.7. The highest BCUT2D eigenvalue weighted by Crippen LogP contribution is 2.16. The summed E-state index contributed by atoms with van der Waals surface area (Å²) in [6, 6.07) is 3.53. The van der Waals surface area contributed by atoms with Crippen molar-refractivity contribution in [3.63, 3.8) is 0 Å². The molecule has 2 aliphatic rings. The van der Waals surface area contributed by atoms with Crippen molar-refractivity contribution in [1.29, 1.82) is 0 Å². The van der Waals surface area contributed by atoms with Crippen molar-refractivity contribution in [2.24, 2.45) is 0 Å². The van der Waals surface area contributed by atoms with E-state index in [1.165, 1.54) is 6.42 Å². The predicted molar refractivity (Wildman–Crippen MR) is 96.3 cm³/mol. The summed E-state index contributed by atoms with van der Waals surface area (Å²) in [6.07, 6.45) is 5.17. The van der Waals surface area contributed by atoms with Crippen LogP contribution in [0.4, 0.5) is 0 Å². The molecule has 6 nitrogen and oxygen atoms in total. The second-order valence-corrected chi connectivity index (χ2v) is 7.03. The number of aromatic nitrogens is 1. The molecule has 0 unspecified atom stereocenters. The Morgan fingerprint density at radius 2 is 1.68 bits per heavy atom. The van der Waals surface area contributed by atoms with E-state index < -0.39 is 0 Å². The minimum Gasteiger partial charge on any atom is -0.341 e. The van der Waals surface area contributed by atoms with Crippen LogP contribution in [0.25, 0.3) is 0 Å². The quantitative estimate of drug-likeness (QED) is 0.835. The highest BCUT2D eigenvalue weighted by molar-refractivity contribution is 5.95. The molecule has 2 saturated heterocycles. The highest BCUT2D eigenvalue weighted by atomic mass is 16.2. The summed E-state index contributed by atoms with van der Waals surface area (Å²) in [6.45, 7) is 8.44. The molecule has 0 bridgehead atoms. The molecular formula is C19H28N4O2. The van der Waals surface area contributed by atoms with Crippen molar-refractivity contribution in [2.75, 3.05) is 39.3 Å². The van der Waals surface area contributed by atoms with Crippen molar-refractivity contribution in [1.82, 2.24) is 19.7 Å². The third-order valence-electron chi connectivity index (χ3n) is 5.41. The summed E-state index contributed by atoms with van der Waals surface area (Å²) < 4.78 is 0. The van der Waals surface area contributed by atoms with Crippen LogP contribution < -0.4 is 0 Å². The van der Waals surface area contributed by atoms with Gasteiger partial charge in [0, 0.05) is 51.2 Å². The van der Waals surface area contributed by atoms with Gasteiger partial charge < -0.3 is 9.80 Å². The molecule has 0 saturated carbocycles. The summed E-state index contributed by atoms with van der Waals surface area (Å²) in [5.74, 6) is 0.280. The van der Waals surface area contributed by atoms with Gasteiger partial charge in [0.25, 0.3) is 5.91 Å². The van der Waals surface area contributed by atoms with E-state index in [9.17, 15) is 9.59 Å². The second-order valence-electron chi connectivity index (χ2n) is 7.03. The van der Waals surface area contributed by atoms with Crippen LogP contribution in [0, 0.1) is 6.92 Å². The number of rotatable bonds is 3. The Hall–Kier alpha value is -1.95. The monoisotopic (exact) mass is 344 g/mol. The van der Waals surface area contributed by atoms with Crippen LogP contribution in [-0.2, 0) is 4.79 Å². The van der Waals surface area contributed by atoms with Crippen LogP contribution >= 0.6 is 0 Å². The van der Waals surface area contributed by atoms with Gasteiger partial charge in [-0.2, -0.15) is 0 Å². The standard InChI is InChI=1S/C19H28N4O2/c1-15-17(7-6-8-20-15)19(25)23-13-11-21(12-14-23)16(2)18(24)22-9-4-3-5-10-22/h6-8,16H,3-5,9-14H2,1-2H3/t16-/m0/s1. The number of hydrogen-bond donors (Lipinski definition) is 0. The summed E-state index contributed by atoms with van der Waals surface area (Å²) >= 11 is 0. The van der Waals surface area contributed by atoms with E-state index in [1.807, 2.05) is 29.7 Å². The molecule has 2 aliphatic heterocycles. The molecular weight excluding hydrogens is 316 g/mol. The van der Waals surface area contributed by atoms with E-state index in [0.29, 0.717) is 18.7 Å². The van der Waals surface area contributed by atoms with E-state index in [0.717, 1.165) is 44.7 Å². The third-order valence-corrected chi connectivity index (χ3v) is 5.41. The Balaban J connectivity index is 1.55. The molecule has 6 heteroatoms. The Morgan fingerprint density at radius 1 is 1.00 bits per heavy atom. The first-order chi connectivity index (χ1) is 12.1. The molecule has 0 spiro atoms. The van der Waals surface area contributed by atoms with Crippen LogP contribution in [0.1, 0.15) is 42.2 Å². The second kappa shape index (κ2) is 7.95. The molecule has 136 valence electrons. The van der Waals surface area contributed by atoms with Crippen molar-refractivity contribution in [2.45, 2.75) is 39.2 Å². The molecule has 0 aromatic carbocycles. The molecule has 25 heavy (non-hydrogen) atoms. The highest BCUT2D eigenvalue weighted by Gasteiger charge is 2.31. The summed E-state index contributed by atoms with van der Waals surface area (Å²) in [7, 11) is 0. The summed E-state index contributed by atoms with van der Waals surface area (Å²) in [5.41, 5.74) is 1.44. The molecule has 2 fully saturated rings. The Morgan fingerprint density at radius 3 is 2.32 bits per heavy atom. The van der Waals surface area contributed by atoms with Crippen molar-refractivity contribution >= 4 is 11.8 Å². The van der Waals surface area contributed by atoms with Gasteiger partial charge in [-0.3, -0.25) is 19.5 Å².